The topological polar surface area (TPSA) is 12.0 Å². The zero-order valence-corrected chi connectivity index (χ0v) is 7.96. The van der Waals surface area contributed by atoms with Crippen molar-refractivity contribution >= 4 is 0 Å². The Hall–Kier alpha value is -0.250. The minimum absolute atomic E-state index is 0.0711. The van der Waals surface area contributed by atoms with Gasteiger partial charge in [0.1, 0.15) is 0 Å². The van der Waals surface area contributed by atoms with E-state index >= 15 is 0 Å². The molecular weight excluding hydrogens is 179 g/mol. The second-order valence-corrected chi connectivity index (χ2v) is 4.09. The van der Waals surface area contributed by atoms with Crippen LogP contribution < -0.4 is 5.32 Å². The van der Waals surface area contributed by atoms with E-state index < -0.39 is 11.6 Å². The SMILES string of the molecule is C[C](C)CC1(C(F)(F)F)CCNC1. The summed E-state index contributed by atoms with van der Waals surface area (Å²) >= 11 is 0. The number of nitrogens with one attached hydrogen (secondary N) is 1. The minimum atomic E-state index is -4.08. The molecule has 0 saturated carbocycles. The third-order valence-corrected chi connectivity index (χ3v) is 2.54. The summed E-state index contributed by atoms with van der Waals surface area (Å²) in [6.45, 7) is 4.06. The Bertz CT molecular complexity index is 168. The van der Waals surface area contributed by atoms with Crippen LogP contribution in [0.4, 0.5) is 13.2 Å². The molecule has 1 N–H and O–H groups in total. The van der Waals surface area contributed by atoms with Crippen LogP contribution >= 0.6 is 0 Å². The van der Waals surface area contributed by atoms with E-state index in [9.17, 15) is 13.2 Å². The lowest BCUT2D eigenvalue weighted by atomic mass is 9.79. The van der Waals surface area contributed by atoms with Crippen LogP contribution in [0.5, 0.6) is 0 Å². The van der Waals surface area contributed by atoms with E-state index in [4.69, 9.17) is 0 Å². The average molecular weight is 194 g/mol. The molecule has 1 unspecified atom stereocenters. The predicted molar refractivity (Wildman–Crippen MR) is 45.2 cm³/mol. The minimum Gasteiger partial charge on any atom is -0.316 e. The quantitative estimate of drug-likeness (QED) is 0.712. The number of hydrogen-bond acceptors (Lipinski definition) is 1. The van der Waals surface area contributed by atoms with Gasteiger partial charge in [-0.1, -0.05) is 13.8 Å². The Labute approximate surface area is 76.7 Å². The van der Waals surface area contributed by atoms with Crippen LogP contribution in [0.1, 0.15) is 26.7 Å². The van der Waals surface area contributed by atoms with E-state index in [1.807, 2.05) is 0 Å². The zero-order valence-electron chi connectivity index (χ0n) is 7.96. The number of halogens is 3. The molecule has 0 aromatic heterocycles. The van der Waals surface area contributed by atoms with Crippen molar-refractivity contribution < 1.29 is 13.2 Å². The van der Waals surface area contributed by atoms with Crippen LogP contribution in [0.15, 0.2) is 0 Å². The highest BCUT2D eigenvalue weighted by Gasteiger charge is 2.55. The second-order valence-electron chi connectivity index (χ2n) is 4.09. The van der Waals surface area contributed by atoms with Gasteiger partial charge in [-0.3, -0.25) is 0 Å². The van der Waals surface area contributed by atoms with Crippen molar-refractivity contribution in [2.75, 3.05) is 13.1 Å². The molecule has 0 spiro atoms. The maximum atomic E-state index is 12.7. The number of rotatable bonds is 2. The van der Waals surface area contributed by atoms with Gasteiger partial charge < -0.3 is 5.32 Å². The van der Waals surface area contributed by atoms with E-state index in [0.29, 0.717) is 6.54 Å². The lowest BCUT2D eigenvalue weighted by molar-refractivity contribution is -0.218. The molecular formula is C9H15F3N. The average Bonchev–Trinajstić information content (AvgIpc) is 2.33. The fourth-order valence-electron chi connectivity index (χ4n) is 1.91. The summed E-state index contributed by atoms with van der Waals surface area (Å²) in [4.78, 5) is 0. The molecule has 0 aromatic rings. The Morgan fingerprint density at radius 1 is 1.38 bits per heavy atom. The molecule has 0 bridgehead atoms. The fraction of sp³-hybridized carbons (Fsp3) is 0.889. The standard InChI is InChI=1S/C9H15F3N/c1-7(2)5-8(9(10,11)12)3-4-13-6-8/h13H,3-6H2,1-2H3. The first-order valence-electron chi connectivity index (χ1n) is 4.44. The first-order valence-corrected chi connectivity index (χ1v) is 4.44. The van der Waals surface area contributed by atoms with Crippen LogP contribution in [0, 0.1) is 11.3 Å². The van der Waals surface area contributed by atoms with E-state index in [1.54, 1.807) is 13.8 Å². The Kier molecular flexibility index (Phi) is 2.90. The first-order chi connectivity index (χ1) is 5.87. The summed E-state index contributed by atoms with van der Waals surface area (Å²) in [6.07, 6.45) is -3.71. The molecule has 1 rings (SSSR count). The maximum absolute atomic E-state index is 12.7. The predicted octanol–water partition coefficient (Wildman–Crippen LogP) is 2.53. The van der Waals surface area contributed by atoms with Crippen molar-refractivity contribution in [2.24, 2.45) is 5.41 Å². The van der Waals surface area contributed by atoms with Crippen LogP contribution in [0.2, 0.25) is 0 Å². The monoisotopic (exact) mass is 194 g/mol. The van der Waals surface area contributed by atoms with Gasteiger partial charge in [0, 0.05) is 6.54 Å². The number of alkyl halides is 3. The summed E-state index contributed by atoms with van der Waals surface area (Å²) in [7, 11) is 0. The normalized spacial score (nSPS) is 30.0. The van der Waals surface area contributed by atoms with Crippen LogP contribution in [0.3, 0.4) is 0 Å². The smallest absolute Gasteiger partial charge is 0.316 e. The highest BCUT2D eigenvalue weighted by Crippen LogP contribution is 2.47. The Morgan fingerprint density at radius 2 is 2.00 bits per heavy atom. The van der Waals surface area contributed by atoms with Crippen molar-refractivity contribution in [1.82, 2.24) is 5.32 Å². The van der Waals surface area contributed by atoms with Gasteiger partial charge in [-0.25, -0.2) is 0 Å². The van der Waals surface area contributed by atoms with E-state index in [1.165, 1.54) is 0 Å². The van der Waals surface area contributed by atoms with Crippen molar-refractivity contribution in [3.05, 3.63) is 5.92 Å². The highest BCUT2D eigenvalue weighted by molar-refractivity contribution is 5.00. The largest absolute Gasteiger partial charge is 0.395 e. The van der Waals surface area contributed by atoms with Gasteiger partial charge in [0.05, 0.1) is 5.41 Å². The third-order valence-electron chi connectivity index (χ3n) is 2.54. The molecule has 0 aliphatic carbocycles. The summed E-state index contributed by atoms with van der Waals surface area (Å²) in [5.74, 6) is 0.848. The third kappa shape index (κ3) is 2.16. The molecule has 13 heavy (non-hydrogen) atoms. The zero-order chi connectivity index (χ0) is 10.1. The Morgan fingerprint density at radius 3 is 2.31 bits per heavy atom. The van der Waals surface area contributed by atoms with Crippen LogP contribution in [-0.4, -0.2) is 19.3 Å². The second kappa shape index (κ2) is 3.48. The van der Waals surface area contributed by atoms with Gasteiger partial charge >= 0.3 is 6.18 Å². The molecule has 77 valence electrons. The molecule has 1 atom stereocenters. The molecule has 1 fully saturated rings. The van der Waals surface area contributed by atoms with E-state index in [2.05, 4.69) is 5.32 Å². The van der Waals surface area contributed by atoms with Gasteiger partial charge in [0.15, 0.2) is 0 Å². The van der Waals surface area contributed by atoms with Crippen LogP contribution in [0.25, 0.3) is 0 Å². The van der Waals surface area contributed by atoms with Crippen LogP contribution in [-0.2, 0) is 0 Å². The van der Waals surface area contributed by atoms with E-state index in [-0.39, 0.29) is 19.4 Å². The van der Waals surface area contributed by atoms with Crippen molar-refractivity contribution in [3.63, 3.8) is 0 Å². The molecule has 1 radical (unpaired) electrons. The molecule has 0 aromatic carbocycles. The van der Waals surface area contributed by atoms with Gasteiger partial charge in [-0.2, -0.15) is 13.2 Å². The van der Waals surface area contributed by atoms with Crippen molar-refractivity contribution in [3.8, 4) is 0 Å². The highest BCUT2D eigenvalue weighted by atomic mass is 19.4. The summed E-state index contributed by atoms with van der Waals surface area (Å²) in [6, 6.07) is 0. The van der Waals surface area contributed by atoms with Gasteiger partial charge in [-0.15, -0.1) is 0 Å². The molecule has 0 amide bonds. The Balaban J connectivity index is 2.75. The first kappa shape index (κ1) is 10.8. The molecule has 1 heterocycles. The lowest BCUT2D eigenvalue weighted by Gasteiger charge is -2.32. The molecule has 1 aliphatic rings. The fourth-order valence-corrected chi connectivity index (χ4v) is 1.91. The lowest BCUT2D eigenvalue weighted by Crippen LogP contribution is -2.40. The van der Waals surface area contributed by atoms with Gasteiger partial charge in [0.25, 0.3) is 0 Å². The summed E-state index contributed by atoms with van der Waals surface area (Å²) in [5.41, 5.74) is -1.49. The maximum Gasteiger partial charge on any atom is 0.395 e. The molecule has 1 aliphatic heterocycles. The summed E-state index contributed by atoms with van der Waals surface area (Å²) in [5, 5.41) is 2.79. The number of hydrogen-bond donors (Lipinski definition) is 1. The van der Waals surface area contributed by atoms with Gasteiger partial charge in [0.2, 0.25) is 0 Å². The van der Waals surface area contributed by atoms with Crippen molar-refractivity contribution in [1.29, 1.82) is 0 Å². The van der Waals surface area contributed by atoms with Crippen molar-refractivity contribution in [2.45, 2.75) is 32.9 Å². The van der Waals surface area contributed by atoms with E-state index in [0.717, 1.165) is 5.92 Å². The molecule has 1 nitrogen and oxygen atoms in total. The van der Waals surface area contributed by atoms with Gasteiger partial charge in [-0.05, 0) is 25.3 Å². The molecule has 4 heteroatoms. The summed E-state index contributed by atoms with van der Waals surface area (Å²) < 4.78 is 38.2. The molecule has 1 saturated heterocycles.